The maximum Gasteiger partial charge on any atom is 0.307 e. The summed E-state index contributed by atoms with van der Waals surface area (Å²) in [6.07, 6.45) is 0.762. The largest absolute Gasteiger partial charge is 0.481 e. The number of rotatable bonds is 4. The summed E-state index contributed by atoms with van der Waals surface area (Å²) >= 11 is 5.36. The molecule has 3 rings (SSSR count). The summed E-state index contributed by atoms with van der Waals surface area (Å²) in [5.41, 5.74) is 1.21. The number of nitrogens with zero attached hydrogens (tertiary/aromatic N) is 1. The van der Waals surface area contributed by atoms with Gasteiger partial charge in [0.1, 0.15) is 0 Å². The molecule has 3 nitrogen and oxygen atoms in total. The number of halogens is 1. The first-order chi connectivity index (χ1) is 10.1. The molecule has 1 N–H and O–H groups in total. The number of carbonyl (C=O) groups is 1. The molecule has 0 bridgehead atoms. The minimum Gasteiger partial charge on any atom is -0.481 e. The maximum absolute atomic E-state index is 11.0. The molecule has 0 aliphatic carbocycles. The highest BCUT2D eigenvalue weighted by molar-refractivity contribution is 9.10. The summed E-state index contributed by atoms with van der Waals surface area (Å²) in [7, 11) is 0. The normalized spacial score (nSPS) is 19.0. The number of carboxylic acid groups (broad SMARTS) is 1. The number of hydrogen-bond donors (Lipinski definition) is 1. The molecule has 1 fully saturated rings. The summed E-state index contributed by atoms with van der Waals surface area (Å²) < 4.78 is 1.10. The van der Waals surface area contributed by atoms with Gasteiger partial charge in [0.2, 0.25) is 0 Å². The second kappa shape index (κ2) is 6.30. The van der Waals surface area contributed by atoms with Gasteiger partial charge in [-0.05, 0) is 31.2 Å². The molecule has 1 aliphatic rings. The Morgan fingerprint density at radius 3 is 2.86 bits per heavy atom. The highest BCUT2D eigenvalue weighted by atomic mass is 79.9. The number of hydrogen-bond acceptors (Lipinski definition) is 3. The Kier molecular flexibility index (Phi) is 4.42. The fraction of sp³-hybridized carbons (Fsp3) is 0.312. The summed E-state index contributed by atoms with van der Waals surface area (Å²) in [5, 5.41) is 9.05. The standard InChI is InChI=1S/C16H16BrNO2S/c17-14-4-2-1-3-13(14)15-6-5-12(21-15)10-18-8-7-11(9-18)16(19)20/h1-6,11H,7-10H2,(H,19,20). The third-order valence-electron chi connectivity index (χ3n) is 3.80. The number of thiophene rings is 1. The quantitative estimate of drug-likeness (QED) is 0.886. The molecular formula is C16H16BrNO2S. The van der Waals surface area contributed by atoms with Crippen LogP contribution in [0, 0.1) is 5.92 Å². The lowest BCUT2D eigenvalue weighted by Gasteiger charge is -2.13. The fourth-order valence-electron chi connectivity index (χ4n) is 2.67. The van der Waals surface area contributed by atoms with E-state index >= 15 is 0 Å². The second-order valence-electron chi connectivity index (χ2n) is 5.30. The van der Waals surface area contributed by atoms with Crippen LogP contribution in [0.15, 0.2) is 40.9 Å². The first-order valence-corrected chi connectivity index (χ1v) is 8.53. The zero-order valence-electron chi connectivity index (χ0n) is 11.5. The van der Waals surface area contributed by atoms with E-state index in [2.05, 4.69) is 39.0 Å². The van der Waals surface area contributed by atoms with Crippen LogP contribution in [0.25, 0.3) is 10.4 Å². The van der Waals surface area contributed by atoms with Crippen LogP contribution in [0.1, 0.15) is 11.3 Å². The van der Waals surface area contributed by atoms with Gasteiger partial charge in [-0.15, -0.1) is 11.3 Å². The van der Waals surface area contributed by atoms with Crippen LogP contribution >= 0.6 is 27.3 Å². The summed E-state index contributed by atoms with van der Waals surface area (Å²) in [4.78, 5) is 15.8. The van der Waals surface area contributed by atoms with E-state index in [1.165, 1.54) is 15.3 Å². The third-order valence-corrected chi connectivity index (χ3v) is 5.60. The highest BCUT2D eigenvalue weighted by Gasteiger charge is 2.28. The van der Waals surface area contributed by atoms with Gasteiger partial charge in [-0.3, -0.25) is 9.69 Å². The molecule has 1 atom stereocenters. The van der Waals surface area contributed by atoms with E-state index in [1.807, 2.05) is 18.2 Å². The summed E-state index contributed by atoms with van der Waals surface area (Å²) in [5.74, 6) is -0.870. The summed E-state index contributed by atoms with van der Waals surface area (Å²) in [6.45, 7) is 2.38. The van der Waals surface area contributed by atoms with Crippen LogP contribution in [0.4, 0.5) is 0 Å². The lowest BCUT2D eigenvalue weighted by Crippen LogP contribution is -2.22. The first kappa shape index (κ1) is 14.8. The smallest absolute Gasteiger partial charge is 0.307 e. The average Bonchev–Trinajstić information content (AvgIpc) is 3.09. The van der Waals surface area contributed by atoms with Crippen molar-refractivity contribution in [2.24, 2.45) is 5.92 Å². The van der Waals surface area contributed by atoms with Gasteiger partial charge in [-0.25, -0.2) is 0 Å². The number of likely N-dealkylation sites (tertiary alicyclic amines) is 1. The van der Waals surface area contributed by atoms with Crippen molar-refractivity contribution in [2.45, 2.75) is 13.0 Å². The van der Waals surface area contributed by atoms with Gasteiger partial charge in [0.05, 0.1) is 5.92 Å². The second-order valence-corrected chi connectivity index (χ2v) is 7.33. The molecule has 110 valence electrons. The van der Waals surface area contributed by atoms with Crippen molar-refractivity contribution < 1.29 is 9.90 Å². The fourth-order valence-corrected chi connectivity index (χ4v) is 4.39. The topological polar surface area (TPSA) is 40.5 Å². The molecule has 21 heavy (non-hydrogen) atoms. The third kappa shape index (κ3) is 3.36. The van der Waals surface area contributed by atoms with Crippen molar-refractivity contribution in [1.29, 1.82) is 0 Å². The molecule has 0 radical (unpaired) electrons. The Balaban J connectivity index is 1.69. The molecule has 0 amide bonds. The lowest BCUT2D eigenvalue weighted by atomic mass is 10.1. The van der Waals surface area contributed by atoms with Crippen LogP contribution in [0.3, 0.4) is 0 Å². The van der Waals surface area contributed by atoms with E-state index in [4.69, 9.17) is 5.11 Å². The number of aliphatic carboxylic acids is 1. The van der Waals surface area contributed by atoms with Crippen molar-refractivity contribution >= 4 is 33.2 Å². The van der Waals surface area contributed by atoms with E-state index in [9.17, 15) is 4.79 Å². The average molecular weight is 366 g/mol. The van der Waals surface area contributed by atoms with Crippen molar-refractivity contribution in [1.82, 2.24) is 4.90 Å². The molecule has 2 heterocycles. The van der Waals surface area contributed by atoms with E-state index in [1.54, 1.807) is 11.3 Å². The van der Waals surface area contributed by atoms with Crippen molar-refractivity contribution in [3.63, 3.8) is 0 Å². The monoisotopic (exact) mass is 365 g/mol. The van der Waals surface area contributed by atoms with E-state index in [0.717, 1.165) is 24.0 Å². The Morgan fingerprint density at radius 1 is 1.33 bits per heavy atom. The lowest BCUT2D eigenvalue weighted by molar-refractivity contribution is -0.141. The number of carboxylic acids is 1. The van der Waals surface area contributed by atoms with Crippen molar-refractivity contribution in [2.75, 3.05) is 13.1 Å². The van der Waals surface area contributed by atoms with Crippen LogP contribution in [-0.4, -0.2) is 29.1 Å². The minimum atomic E-state index is -0.669. The molecule has 0 saturated carbocycles. The van der Waals surface area contributed by atoms with Gasteiger partial charge >= 0.3 is 5.97 Å². The highest BCUT2D eigenvalue weighted by Crippen LogP contribution is 2.34. The van der Waals surface area contributed by atoms with E-state index in [0.29, 0.717) is 6.54 Å². The molecule has 0 spiro atoms. The van der Waals surface area contributed by atoms with E-state index < -0.39 is 5.97 Å². The Labute approximate surface area is 136 Å². The Morgan fingerprint density at radius 2 is 2.14 bits per heavy atom. The van der Waals surface area contributed by atoms with Crippen LogP contribution in [0.2, 0.25) is 0 Å². The molecular weight excluding hydrogens is 350 g/mol. The van der Waals surface area contributed by atoms with Gasteiger partial charge in [-0.2, -0.15) is 0 Å². The van der Waals surface area contributed by atoms with Crippen LogP contribution in [0.5, 0.6) is 0 Å². The van der Waals surface area contributed by atoms with Gasteiger partial charge in [0, 0.05) is 32.9 Å². The SMILES string of the molecule is O=C(O)C1CCN(Cc2ccc(-c3ccccc3Br)s2)C1. The summed E-state index contributed by atoms with van der Waals surface area (Å²) in [6, 6.07) is 12.5. The zero-order valence-corrected chi connectivity index (χ0v) is 13.9. The molecule has 1 unspecified atom stereocenters. The van der Waals surface area contributed by atoms with Crippen molar-refractivity contribution in [3.8, 4) is 10.4 Å². The zero-order chi connectivity index (χ0) is 14.8. The molecule has 1 saturated heterocycles. The van der Waals surface area contributed by atoms with Gasteiger partial charge in [0.15, 0.2) is 0 Å². The van der Waals surface area contributed by atoms with Crippen LogP contribution in [-0.2, 0) is 11.3 Å². The van der Waals surface area contributed by atoms with Crippen LogP contribution < -0.4 is 0 Å². The first-order valence-electron chi connectivity index (χ1n) is 6.92. The van der Waals surface area contributed by atoms with Gasteiger partial charge in [0.25, 0.3) is 0 Å². The molecule has 2 aromatic rings. The Hall–Kier alpha value is -1.17. The Bertz CT molecular complexity index is 655. The van der Waals surface area contributed by atoms with Gasteiger partial charge < -0.3 is 5.11 Å². The van der Waals surface area contributed by atoms with Crippen molar-refractivity contribution in [3.05, 3.63) is 45.7 Å². The molecule has 1 aromatic carbocycles. The molecule has 1 aliphatic heterocycles. The molecule has 5 heteroatoms. The maximum atomic E-state index is 11.0. The van der Waals surface area contributed by atoms with Gasteiger partial charge in [-0.1, -0.05) is 34.1 Å². The van der Waals surface area contributed by atoms with E-state index in [-0.39, 0.29) is 5.92 Å². The number of benzene rings is 1. The minimum absolute atomic E-state index is 0.201. The predicted molar refractivity (Wildman–Crippen MR) is 88.5 cm³/mol. The molecule has 1 aromatic heterocycles. The predicted octanol–water partition coefficient (Wildman–Crippen LogP) is 4.08.